The topological polar surface area (TPSA) is 12.0 Å². The number of benzene rings is 2. The van der Waals surface area contributed by atoms with Gasteiger partial charge in [0.25, 0.3) is 0 Å². The lowest BCUT2D eigenvalue weighted by Gasteiger charge is -2.25. The van der Waals surface area contributed by atoms with Crippen molar-refractivity contribution >= 4 is 15.9 Å². The van der Waals surface area contributed by atoms with Crippen molar-refractivity contribution in [2.75, 3.05) is 6.54 Å². The summed E-state index contributed by atoms with van der Waals surface area (Å²) in [6.07, 6.45) is 0. The van der Waals surface area contributed by atoms with E-state index >= 15 is 0 Å². The quantitative estimate of drug-likeness (QED) is 0.798. The van der Waals surface area contributed by atoms with Crippen LogP contribution in [-0.4, -0.2) is 6.54 Å². The fraction of sp³-hybridized carbons (Fsp3) is 0.333. The van der Waals surface area contributed by atoms with Crippen LogP contribution in [0, 0.1) is 26.6 Å². The second-order valence-electron chi connectivity index (χ2n) is 5.42. The molecule has 3 heteroatoms. The maximum Gasteiger partial charge on any atom is 0.123 e. The number of hydrogen-bond donors (Lipinski definition) is 1. The van der Waals surface area contributed by atoms with E-state index in [1.165, 1.54) is 11.1 Å². The van der Waals surface area contributed by atoms with Crippen molar-refractivity contribution < 1.29 is 4.39 Å². The molecule has 1 N–H and O–H groups in total. The fourth-order valence-corrected chi connectivity index (χ4v) is 3.34. The van der Waals surface area contributed by atoms with Crippen molar-refractivity contribution in [3.8, 4) is 0 Å². The van der Waals surface area contributed by atoms with Gasteiger partial charge in [-0.2, -0.15) is 0 Å². The highest BCUT2D eigenvalue weighted by atomic mass is 79.9. The van der Waals surface area contributed by atoms with E-state index in [1.54, 1.807) is 12.1 Å². The van der Waals surface area contributed by atoms with Gasteiger partial charge in [0, 0.05) is 4.47 Å². The zero-order valence-electron chi connectivity index (χ0n) is 12.9. The van der Waals surface area contributed by atoms with Crippen LogP contribution in [0.25, 0.3) is 0 Å². The maximum absolute atomic E-state index is 13.6. The third-order valence-electron chi connectivity index (χ3n) is 3.79. The predicted octanol–water partition coefficient (Wildman–Crippen LogP) is 5.21. The van der Waals surface area contributed by atoms with E-state index in [1.807, 2.05) is 13.8 Å². The molecule has 0 aliphatic carbocycles. The molecule has 112 valence electrons. The van der Waals surface area contributed by atoms with Gasteiger partial charge in [-0.25, -0.2) is 4.39 Å². The number of rotatable bonds is 4. The van der Waals surface area contributed by atoms with Gasteiger partial charge in [0.05, 0.1) is 6.04 Å². The van der Waals surface area contributed by atoms with Crippen molar-refractivity contribution in [1.82, 2.24) is 5.32 Å². The molecule has 2 aromatic rings. The Bertz CT molecular complexity index is 629. The maximum atomic E-state index is 13.6. The molecule has 0 aromatic heterocycles. The molecule has 2 aromatic carbocycles. The summed E-state index contributed by atoms with van der Waals surface area (Å²) in [5, 5.41) is 3.53. The van der Waals surface area contributed by atoms with Crippen molar-refractivity contribution in [2.24, 2.45) is 0 Å². The van der Waals surface area contributed by atoms with E-state index in [0.717, 1.165) is 27.7 Å². The zero-order chi connectivity index (χ0) is 15.6. The largest absolute Gasteiger partial charge is 0.306 e. The molecule has 0 heterocycles. The van der Waals surface area contributed by atoms with Crippen LogP contribution in [-0.2, 0) is 0 Å². The molecule has 0 saturated carbocycles. The third kappa shape index (κ3) is 3.35. The highest BCUT2D eigenvalue weighted by molar-refractivity contribution is 9.10. The lowest BCUT2D eigenvalue weighted by molar-refractivity contribution is 0.605. The number of halogens is 2. The van der Waals surface area contributed by atoms with Crippen LogP contribution in [0.2, 0.25) is 0 Å². The summed E-state index contributed by atoms with van der Waals surface area (Å²) in [5.41, 5.74) is 5.51. The van der Waals surface area contributed by atoms with Gasteiger partial charge in [0.2, 0.25) is 0 Å². The van der Waals surface area contributed by atoms with Gasteiger partial charge in [0.1, 0.15) is 5.82 Å². The minimum Gasteiger partial charge on any atom is -0.306 e. The van der Waals surface area contributed by atoms with Gasteiger partial charge in [-0.1, -0.05) is 41.1 Å². The highest BCUT2D eigenvalue weighted by Crippen LogP contribution is 2.34. The standard InChI is InChI=1S/C18H21BrFN/c1-5-21-18(15-8-6-7-11(2)17(15)19)16-12(3)9-14(20)10-13(16)4/h6-10,18,21H,5H2,1-4H3. The normalized spacial score (nSPS) is 12.5. The van der Waals surface area contributed by atoms with Gasteiger partial charge in [0.15, 0.2) is 0 Å². The minimum absolute atomic E-state index is 0.0601. The lowest BCUT2D eigenvalue weighted by Crippen LogP contribution is -2.24. The Hall–Kier alpha value is -1.19. The molecule has 1 unspecified atom stereocenters. The van der Waals surface area contributed by atoms with Gasteiger partial charge >= 0.3 is 0 Å². The summed E-state index contributed by atoms with van der Waals surface area (Å²) in [4.78, 5) is 0. The molecule has 0 radical (unpaired) electrons. The molecule has 0 aliphatic heterocycles. The van der Waals surface area contributed by atoms with Crippen molar-refractivity contribution in [3.05, 3.63) is 68.4 Å². The molecule has 0 bridgehead atoms. The van der Waals surface area contributed by atoms with Gasteiger partial charge < -0.3 is 5.32 Å². The second kappa shape index (κ2) is 6.71. The third-order valence-corrected chi connectivity index (χ3v) is 4.87. The van der Waals surface area contributed by atoms with Crippen molar-refractivity contribution in [1.29, 1.82) is 0 Å². The summed E-state index contributed by atoms with van der Waals surface area (Å²) < 4.78 is 14.7. The monoisotopic (exact) mass is 349 g/mol. The lowest BCUT2D eigenvalue weighted by atomic mass is 9.90. The summed E-state index contributed by atoms with van der Waals surface area (Å²) in [6.45, 7) is 8.96. The SMILES string of the molecule is CCNC(c1cccc(C)c1Br)c1c(C)cc(F)cc1C. The molecular formula is C18H21BrFN. The average Bonchev–Trinajstić information content (AvgIpc) is 2.40. The van der Waals surface area contributed by atoms with E-state index in [9.17, 15) is 4.39 Å². The Labute approximate surface area is 134 Å². The highest BCUT2D eigenvalue weighted by Gasteiger charge is 2.20. The second-order valence-corrected chi connectivity index (χ2v) is 6.22. The zero-order valence-corrected chi connectivity index (χ0v) is 14.5. The van der Waals surface area contributed by atoms with Crippen LogP contribution in [0.3, 0.4) is 0 Å². The summed E-state index contributed by atoms with van der Waals surface area (Å²) in [7, 11) is 0. The van der Waals surface area contributed by atoms with Crippen LogP contribution < -0.4 is 5.32 Å². The van der Waals surface area contributed by atoms with Crippen LogP contribution in [0.4, 0.5) is 4.39 Å². The van der Waals surface area contributed by atoms with Crippen LogP contribution in [0.1, 0.15) is 40.8 Å². The summed E-state index contributed by atoms with van der Waals surface area (Å²) in [5.74, 6) is -0.174. The smallest absolute Gasteiger partial charge is 0.123 e. The fourth-order valence-electron chi connectivity index (χ4n) is 2.84. The Morgan fingerprint density at radius 1 is 1.10 bits per heavy atom. The first-order valence-corrected chi connectivity index (χ1v) is 8.00. The molecule has 1 atom stereocenters. The van der Waals surface area contributed by atoms with E-state index in [-0.39, 0.29) is 11.9 Å². The molecule has 21 heavy (non-hydrogen) atoms. The molecular weight excluding hydrogens is 329 g/mol. The van der Waals surface area contributed by atoms with Crippen molar-refractivity contribution in [3.63, 3.8) is 0 Å². The summed E-state index contributed by atoms with van der Waals surface area (Å²) in [6, 6.07) is 9.54. The van der Waals surface area contributed by atoms with Gasteiger partial charge in [-0.15, -0.1) is 0 Å². The molecule has 1 nitrogen and oxygen atoms in total. The van der Waals surface area contributed by atoms with Gasteiger partial charge in [-0.3, -0.25) is 0 Å². The van der Waals surface area contributed by atoms with E-state index in [0.29, 0.717) is 0 Å². The Morgan fingerprint density at radius 3 is 2.29 bits per heavy atom. The van der Waals surface area contributed by atoms with Crippen molar-refractivity contribution in [2.45, 2.75) is 33.7 Å². The van der Waals surface area contributed by atoms with E-state index in [4.69, 9.17) is 0 Å². The first-order chi connectivity index (χ1) is 9.95. The first kappa shape index (κ1) is 16.2. The average molecular weight is 350 g/mol. The van der Waals surface area contributed by atoms with E-state index in [2.05, 4.69) is 53.3 Å². The van der Waals surface area contributed by atoms with Crippen LogP contribution in [0.5, 0.6) is 0 Å². The molecule has 0 saturated heterocycles. The Kier molecular flexibility index (Phi) is 5.17. The number of hydrogen-bond acceptors (Lipinski definition) is 1. The Morgan fingerprint density at radius 2 is 1.71 bits per heavy atom. The van der Waals surface area contributed by atoms with Gasteiger partial charge in [-0.05, 0) is 67.3 Å². The Balaban J connectivity index is 2.62. The van der Waals surface area contributed by atoms with Crippen LogP contribution >= 0.6 is 15.9 Å². The molecule has 0 spiro atoms. The predicted molar refractivity (Wildman–Crippen MR) is 90.3 cm³/mol. The van der Waals surface area contributed by atoms with Crippen LogP contribution in [0.15, 0.2) is 34.8 Å². The molecule has 2 rings (SSSR count). The molecule has 0 aliphatic rings. The first-order valence-electron chi connectivity index (χ1n) is 7.20. The minimum atomic E-state index is -0.174. The number of nitrogens with one attached hydrogen (secondary N) is 1. The van der Waals surface area contributed by atoms with E-state index < -0.39 is 0 Å². The molecule has 0 fully saturated rings. The molecule has 0 amide bonds. The summed E-state index contributed by atoms with van der Waals surface area (Å²) >= 11 is 3.70. The number of aryl methyl sites for hydroxylation is 3.